The van der Waals surface area contributed by atoms with Crippen LogP contribution in [-0.4, -0.2) is 40.6 Å². The first-order valence-electron chi connectivity index (χ1n) is 7.66. The van der Waals surface area contributed by atoms with Gasteiger partial charge in [0.1, 0.15) is 11.8 Å². The van der Waals surface area contributed by atoms with E-state index in [2.05, 4.69) is 14.8 Å². The number of hydrogen-bond donors (Lipinski definition) is 2. The molecule has 0 saturated heterocycles. The summed E-state index contributed by atoms with van der Waals surface area (Å²) in [6.45, 7) is 5.04. The fourth-order valence-corrected chi connectivity index (χ4v) is 3.43. The monoisotopic (exact) mass is 372 g/mol. The summed E-state index contributed by atoms with van der Waals surface area (Å²) in [6.07, 6.45) is 0.292. The number of hydrogen-bond acceptors (Lipinski definition) is 6. The Morgan fingerprint density at radius 3 is 2.32 bits per heavy atom. The van der Waals surface area contributed by atoms with Gasteiger partial charge in [0.15, 0.2) is 0 Å². The summed E-state index contributed by atoms with van der Waals surface area (Å²) < 4.78 is 37.3. The van der Waals surface area contributed by atoms with Crippen molar-refractivity contribution in [3.63, 3.8) is 0 Å². The van der Waals surface area contributed by atoms with E-state index < -0.39 is 22.0 Å². The molecule has 1 aromatic rings. The predicted octanol–water partition coefficient (Wildman–Crippen LogP) is 1.52. The van der Waals surface area contributed by atoms with Gasteiger partial charge in [-0.1, -0.05) is 13.8 Å². The van der Waals surface area contributed by atoms with Gasteiger partial charge in [-0.3, -0.25) is 9.59 Å². The van der Waals surface area contributed by atoms with Gasteiger partial charge in [0.05, 0.1) is 24.8 Å². The molecule has 1 atom stereocenters. The Hall–Kier alpha value is -2.13. The van der Waals surface area contributed by atoms with Crippen LogP contribution in [0.1, 0.15) is 27.2 Å². The van der Waals surface area contributed by atoms with Crippen molar-refractivity contribution >= 4 is 27.6 Å². The van der Waals surface area contributed by atoms with Crippen molar-refractivity contribution in [3.8, 4) is 5.75 Å². The van der Waals surface area contributed by atoms with Crippen LogP contribution in [0.3, 0.4) is 0 Å². The molecule has 0 unspecified atom stereocenters. The number of nitrogens with one attached hydrogen (secondary N) is 2. The van der Waals surface area contributed by atoms with E-state index in [0.717, 1.165) is 0 Å². The maximum absolute atomic E-state index is 12.6. The predicted molar refractivity (Wildman–Crippen MR) is 92.9 cm³/mol. The Labute approximate surface area is 147 Å². The van der Waals surface area contributed by atoms with Crippen LogP contribution in [0.4, 0.5) is 5.69 Å². The van der Waals surface area contributed by atoms with Crippen molar-refractivity contribution in [2.75, 3.05) is 19.5 Å². The first-order valence-corrected chi connectivity index (χ1v) is 9.14. The standard InChI is InChI=1S/C16H24N2O6S/c1-10(2)8-14(16(20)24-5)18-25(21,22)12-6-7-15(23-4)13(9-12)17-11(3)19/h6-7,9-10,14,18H,8H2,1-5H3,(H,17,19)/t14-/m1/s1. The smallest absolute Gasteiger partial charge is 0.323 e. The zero-order valence-corrected chi connectivity index (χ0v) is 15.8. The number of amides is 1. The SMILES string of the molecule is COC(=O)[C@@H](CC(C)C)NS(=O)(=O)c1ccc(OC)c(NC(C)=O)c1. The first kappa shape index (κ1) is 20.9. The molecule has 1 amide bonds. The van der Waals surface area contributed by atoms with Crippen molar-refractivity contribution in [1.29, 1.82) is 0 Å². The molecular formula is C16H24N2O6S. The Morgan fingerprint density at radius 1 is 1.20 bits per heavy atom. The van der Waals surface area contributed by atoms with E-state index in [0.29, 0.717) is 12.2 Å². The van der Waals surface area contributed by atoms with Gasteiger partial charge in [-0.05, 0) is 30.5 Å². The lowest BCUT2D eigenvalue weighted by atomic mass is 10.1. The third kappa shape index (κ3) is 6.02. The van der Waals surface area contributed by atoms with Crippen molar-refractivity contribution < 1.29 is 27.5 Å². The lowest BCUT2D eigenvalue weighted by Crippen LogP contribution is -2.42. The van der Waals surface area contributed by atoms with Gasteiger partial charge >= 0.3 is 5.97 Å². The molecule has 2 N–H and O–H groups in total. The van der Waals surface area contributed by atoms with Crippen LogP contribution in [0.25, 0.3) is 0 Å². The van der Waals surface area contributed by atoms with Crippen LogP contribution in [0.15, 0.2) is 23.1 Å². The molecule has 140 valence electrons. The van der Waals surface area contributed by atoms with Crippen LogP contribution in [0.2, 0.25) is 0 Å². The zero-order valence-electron chi connectivity index (χ0n) is 15.0. The minimum absolute atomic E-state index is 0.0811. The fraction of sp³-hybridized carbons (Fsp3) is 0.500. The third-order valence-corrected chi connectivity index (χ3v) is 4.75. The van der Waals surface area contributed by atoms with Crippen molar-refractivity contribution in [1.82, 2.24) is 4.72 Å². The molecule has 0 saturated carbocycles. The normalized spacial score (nSPS) is 12.6. The molecule has 0 aliphatic rings. The van der Waals surface area contributed by atoms with Crippen LogP contribution in [-0.2, 0) is 24.3 Å². The molecule has 0 bridgehead atoms. The Balaban J connectivity index is 3.19. The fourth-order valence-electron chi connectivity index (χ4n) is 2.20. The van der Waals surface area contributed by atoms with Gasteiger partial charge in [0.2, 0.25) is 15.9 Å². The topological polar surface area (TPSA) is 111 Å². The molecule has 0 fully saturated rings. The lowest BCUT2D eigenvalue weighted by molar-refractivity contribution is -0.143. The van der Waals surface area contributed by atoms with E-state index in [1.54, 1.807) is 0 Å². The number of sulfonamides is 1. The maximum atomic E-state index is 12.6. The molecule has 0 aromatic heterocycles. The first-order chi connectivity index (χ1) is 11.6. The van der Waals surface area contributed by atoms with Crippen LogP contribution in [0.5, 0.6) is 5.75 Å². The average Bonchev–Trinajstić information content (AvgIpc) is 2.52. The average molecular weight is 372 g/mol. The third-order valence-electron chi connectivity index (χ3n) is 3.28. The Morgan fingerprint density at radius 2 is 1.84 bits per heavy atom. The number of methoxy groups -OCH3 is 2. The minimum atomic E-state index is -4.00. The number of ether oxygens (including phenoxy) is 2. The second-order valence-corrected chi connectivity index (χ2v) is 7.58. The van der Waals surface area contributed by atoms with E-state index in [1.807, 2.05) is 13.8 Å². The summed E-state index contributed by atoms with van der Waals surface area (Å²) in [4.78, 5) is 23.0. The van der Waals surface area contributed by atoms with Gasteiger partial charge in [-0.25, -0.2) is 8.42 Å². The summed E-state index contributed by atoms with van der Waals surface area (Å²) in [5.74, 6) is -0.626. The van der Waals surface area contributed by atoms with Gasteiger partial charge in [-0.15, -0.1) is 0 Å². The summed E-state index contributed by atoms with van der Waals surface area (Å²) in [7, 11) is -1.39. The molecule has 0 aliphatic heterocycles. The highest BCUT2D eigenvalue weighted by Crippen LogP contribution is 2.27. The van der Waals surface area contributed by atoms with E-state index >= 15 is 0 Å². The van der Waals surface area contributed by atoms with Crippen LogP contribution in [0, 0.1) is 5.92 Å². The molecule has 9 heteroatoms. The summed E-state index contributed by atoms with van der Waals surface area (Å²) in [5.41, 5.74) is 0.219. The Kier molecular flexibility index (Phi) is 7.38. The number of anilines is 1. The number of esters is 1. The molecule has 8 nitrogen and oxygen atoms in total. The van der Waals surface area contributed by atoms with E-state index in [1.165, 1.54) is 39.3 Å². The number of carbonyl (C=O) groups excluding carboxylic acids is 2. The zero-order chi connectivity index (χ0) is 19.2. The second kappa shape index (κ2) is 8.82. The van der Waals surface area contributed by atoms with Crippen molar-refractivity contribution in [3.05, 3.63) is 18.2 Å². The number of carbonyl (C=O) groups is 2. The number of rotatable bonds is 8. The largest absolute Gasteiger partial charge is 0.495 e. The van der Waals surface area contributed by atoms with Crippen molar-refractivity contribution in [2.45, 2.75) is 38.1 Å². The van der Waals surface area contributed by atoms with E-state index in [9.17, 15) is 18.0 Å². The highest BCUT2D eigenvalue weighted by molar-refractivity contribution is 7.89. The van der Waals surface area contributed by atoms with Crippen LogP contribution < -0.4 is 14.8 Å². The molecule has 0 aliphatic carbocycles. The highest BCUT2D eigenvalue weighted by Gasteiger charge is 2.27. The molecule has 25 heavy (non-hydrogen) atoms. The lowest BCUT2D eigenvalue weighted by Gasteiger charge is -2.19. The molecule has 0 spiro atoms. The quantitative estimate of drug-likeness (QED) is 0.669. The minimum Gasteiger partial charge on any atom is -0.495 e. The maximum Gasteiger partial charge on any atom is 0.323 e. The molecule has 0 radical (unpaired) electrons. The number of benzene rings is 1. The van der Waals surface area contributed by atoms with Crippen LogP contribution >= 0.6 is 0 Å². The highest BCUT2D eigenvalue weighted by atomic mass is 32.2. The molecule has 1 rings (SSSR count). The van der Waals surface area contributed by atoms with Gasteiger partial charge in [0, 0.05) is 6.92 Å². The summed E-state index contributed by atoms with van der Waals surface area (Å²) in [6, 6.07) is 3.03. The van der Waals surface area contributed by atoms with Gasteiger partial charge < -0.3 is 14.8 Å². The second-order valence-electron chi connectivity index (χ2n) is 5.87. The summed E-state index contributed by atoms with van der Waals surface area (Å²) in [5, 5.41) is 2.51. The van der Waals surface area contributed by atoms with Gasteiger partial charge in [0.25, 0.3) is 0 Å². The van der Waals surface area contributed by atoms with E-state index in [4.69, 9.17) is 4.74 Å². The van der Waals surface area contributed by atoms with Crippen molar-refractivity contribution in [2.24, 2.45) is 5.92 Å². The summed E-state index contributed by atoms with van der Waals surface area (Å²) >= 11 is 0. The molecule has 1 aromatic carbocycles. The molecular weight excluding hydrogens is 348 g/mol. The Bertz CT molecular complexity index is 730. The van der Waals surface area contributed by atoms with Gasteiger partial charge in [-0.2, -0.15) is 4.72 Å². The molecule has 0 heterocycles. The van der Waals surface area contributed by atoms with E-state index in [-0.39, 0.29) is 22.4 Å².